The van der Waals surface area contributed by atoms with Crippen LogP contribution in [0.2, 0.25) is 0 Å². The first-order valence-electron chi connectivity index (χ1n) is 7.53. The minimum absolute atomic E-state index is 0.0478. The van der Waals surface area contributed by atoms with Gasteiger partial charge in [-0.3, -0.25) is 4.79 Å². The van der Waals surface area contributed by atoms with Gasteiger partial charge in [0.25, 0.3) is 0 Å². The molecule has 1 heterocycles. The lowest BCUT2D eigenvalue weighted by atomic mass is 9.92. The molecule has 1 amide bonds. The number of sulfone groups is 1. The van der Waals surface area contributed by atoms with Crippen LogP contribution < -0.4 is 10.6 Å². The van der Waals surface area contributed by atoms with Crippen LogP contribution in [0.1, 0.15) is 33.1 Å². The molecule has 1 aliphatic carbocycles. The van der Waals surface area contributed by atoms with Crippen LogP contribution in [-0.4, -0.2) is 45.5 Å². The molecule has 1 spiro atoms. The molecule has 6 heteroatoms. The van der Waals surface area contributed by atoms with E-state index in [1.54, 1.807) is 0 Å². The first-order chi connectivity index (χ1) is 9.35. The highest BCUT2D eigenvalue weighted by Gasteiger charge is 2.57. The van der Waals surface area contributed by atoms with Crippen molar-refractivity contribution in [3.05, 3.63) is 0 Å². The molecule has 0 radical (unpaired) electrons. The molecular weight excluding hydrogens is 276 g/mol. The van der Waals surface area contributed by atoms with Crippen LogP contribution >= 0.6 is 0 Å². The average Bonchev–Trinajstić information content (AvgIpc) is 3.02. The number of piperidine rings is 1. The molecule has 0 aromatic rings. The minimum atomic E-state index is -3.04. The zero-order chi connectivity index (χ0) is 14.8. The highest BCUT2D eigenvalue weighted by molar-refractivity contribution is 7.91. The van der Waals surface area contributed by atoms with E-state index in [1.807, 2.05) is 13.8 Å². The summed E-state index contributed by atoms with van der Waals surface area (Å²) >= 11 is 0. The van der Waals surface area contributed by atoms with Crippen molar-refractivity contribution in [2.24, 2.45) is 17.3 Å². The van der Waals surface area contributed by atoms with Gasteiger partial charge in [0.15, 0.2) is 9.84 Å². The molecule has 2 rings (SSSR count). The molecule has 1 saturated heterocycles. The first kappa shape index (κ1) is 15.8. The molecule has 2 aliphatic rings. The normalized spacial score (nSPS) is 24.9. The summed E-state index contributed by atoms with van der Waals surface area (Å²) in [6.45, 7) is 6.01. The highest BCUT2D eigenvalue weighted by atomic mass is 32.2. The van der Waals surface area contributed by atoms with Crippen molar-refractivity contribution in [2.75, 3.05) is 31.1 Å². The Balaban J connectivity index is 1.72. The van der Waals surface area contributed by atoms with Crippen LogP contribution in [0.4, 0.5) is 0 Å². The van der Waals surface area contributed by atoms with Crippen molar-refractivity contribution < 1.29 is 13.2 Å². The predicted molar refractivity (Wildman–Crippen MR) is 79.1 cm³/mol. The van der Waals surface area contributed by atoms with Gasteiger partial charge in [-0.25, -0.2) is 8.42 Å². The maximum atomic E-state index is 12.1. The predicted octanol–water partition coefficient (Wildman–Crippen LogP) is 0.563. The molecule has 0 unspecified atom stereocenters. The van der Waals surface area contributed by atoms with Gasteiger partial charge in [0, 0.05) is 12.5 Å². The Hall–Kier alpha value is -0.620. The standard InChI is InChI=1S/C14H26N2O3S/c1-11(2)10-20(18,19)8-7-16-13(17)12-9-14(12)3-5-15-6-4-14/h11-12,15H,3-10H2,1-2H3,(H,16,17)/t12-/m0/s1. The maximum Gasteiger partial charge on any atom is 0.223 e. The van der Waals surface area contributed by atoms with E-state index < -0.39 is 9.84 Å². The molecule has 5 nitrogen and oxygen atoms in total. The third-order valence-electron chi connectivity index (χ3n) is 4.41. The Kier molecular flexibility index (Phi) is 4.74. The second-order valence-corrected chi connectivity index (χ2v) is 8.90. The fraction of sp³-hybridized carbons (Fsp3) is 0.929. The molecule has 2 N–H and O–H groups in total. The van der Waals surface area contributed by atoms with Gasteiger partial charge in [0.05, 0.1) is 11.5 Å². The lowest BCUT2D eigenvalue weighted by Crippen LogP contribution is -2.35. The van der Waals surface area contributed by atoms with Gasteiger partial charge < -0.3 is 10.6 Å². The van der Waals surface area contributed by atoms with Crippen LogP contribution in [0.3, 0.4) is 0 Å². The third-order valence-corrected chi connectivity index (χ3v) is 6.41. The minimum Gasteiger partial charge on any atom is -0.355 e. The molecule has 1 aliphatic heterocycles. The Morgan fingerprint density at radius 3 is 2.60 bits per heavy atom. The van der Waals surface area contributed by atoms with Crippen LogP contribution in [0.15, 0.2) is 0 Å². The molecule has 20 heavy (non-hydrogen) atoms. The first-order valence-corrected chi connectivity index (χ1v) is 9.36. The van der Waals surface area contributed by atoms with Gasteiger partial charge in [-0.15, -0.1) is 0 Å². The molecule has 2 fully saturated rings. The SMILES string of the molecule is CC(C)CS(=O)(=O)CCNC(=O)[C@@H]1CC12CCNCC2. The van der Waals surface area contributed by atoms with Gasteiger partial charge in [-0.1, -0.05) is 13.8 Å². The van der Waals surface area contributed by atoms with Crippen molar-refractivity contribution in [3.63, 3.8) is 0 Å². The Bertz CT molecular complexity index is 453. The molecule has 1 atom stereocenters. The number of hydrogen-bond donors (Lipinski definition) is 2. The van der Waals surface area contributed by atoms with Gasteiger partial charge >= 0.3 is 0 Å². The fourth-order valence-corrected chi connectivity index (χ4v) is 4.84. The molecule has 0 bridgehead atoms. The number of amides is 1. The second-order valence-electron chi connectivity index (χ2n) is 6.67. The van der Waals surface area contributed by atoms with Gasteiger partial charge in [-0.05, 0) is 43.7 Å². The van der Waals surface area contributed by atoms with Gasteiger partial charge in [0.2, 0.25) is 5.91 Å². The Morgan fingerprint density at radius 1 is 1.35 bits per heavy atom. The van der Waals surface area contributed by atoms with Crippen LogP contribution in [0, 0.1) is 17.3 Å². The molecule has 116 valence electrons. The highest BCUT2D eigenvalue weighted by Crippen LogP contribution is 2.58. The number of carbonyl (C=O) groups excluding carboxylic acids is 1. The monoisotopic (exact) mass is 302 g/mol. The van der Waals surface area contributed by atoms with Crippen LogP contribution in [-0.2, 0) is 14.6 Å². The summed E-state index contributed by atoms with van der Waals surface area (Å²) in [5, 5.41) is 6.12. The number of rotatable bonds is 6. The van der Waals surface area contributed by atoms with E-state index >= 15 is 0 Å². The van der Waals surface area contributed by atoms with E-state index in [0.717, 1.165) is 32.4 Å². The van der Waals surface area contributed by atoms with E-state index in [2.05, 4.69) is 10.6 Å². The smallest absolute Gasteiger partial charge is 0.223 e. The summed E-state index contributed by atoms with van der Waals surface area (Å²) in [6.07, 6.45) is 3.10. The topological polar surface area (TPSA) is 75.3 Å². The molecule has 1 saturated carbocycles. The van der Waals surface area contributed by atoms with Crippen molar-refractivity contribution in [1.29, 1.82) is 0 Å². The second kappa shape index (κ2) is 6.02. The summed E-state index contributed by atoms with van der Waals surface area (Å²) in [4.78, 5) is 12.1. The maximum absolute atomic E-state index is 12.1. The number of carbonyl (C=O) groups is 1. The number of hydrogen-bond acceptors (Lipinski definition) is 4. The largest absolute Gasteiger partial charge is 0.355 e. The number of nitrogens with one attached hydrogen (secondary N) is 2. The lowest BCUT2D eigenvalue weighted by Gasteiger charge is -2.23. The summed E-state index contributed by atoms with van der Waals surface area (Å²) in [6, 6.07) is 0. The van der Waals surface area contributed by atoms with Crippen molar-refractivity contribution >= 4 is 15.7 Å². The summed E-state index contributed by atoms with van der Waals surface area (Å²) in [5.74, 6) is 0.543. The van der Waals surface area contributed by atoms with E-state index in [-0.39, 0.29) is 41.2 Å². The molecule has 0 aromatic heterocycles. The zero-order valence-corrected chi connectivity index (χ0v) is 13.3. The quantitative estimate of drug-likeness (QED) is 0.752. The van der Waals surface area contributed by atoms with Gasteiger partial charge in [-0.2, -0.15) is 0 Å². The van der Waals surface area contributed by atoms with E-state index in [0.29, 0.717) is 0 Å². The van der Waals surface area contributed by atoms with E-state index in [1.165, 1.54) is 0 Å². The van der Waals surface area contributed by atoms with E-state index in [9.17, 15) is 13.2 Å². The van der Waals surface area contributed by atoms with Gasteiger partial charge in [0.1, 0.15) is 0 Å². The molecule has 0 aromatic carbocycles. The van der Waals surface area contributed by atoms with Crippen molar-refractivity contribution in [3.8, 4) is 0 Å². The lowest BCUT2D eigenvalue weighted by molar-refractivity contribution is -0.123. The van der Waals surface area contributed by atoms with Crippen molar-refractivity contribution in [2.45, 2.75) is 33.1 Å². The third kappa shape index (κ3) is 3.95. The molecular formula is C14H26N2O3S. The fourth-order valence-electron chi connectivity index (χ4n) is 3.24. The Morgan fingerprint density at radius 2 is 2.00 bits per heavy atom. The summed E-state index contributed by atoms with van der Waals surface area (Å²) in [7, 11) is -3.04. The summed E-state index contributed by atoms with van der Waals surface area (Å²) in [5.41, 5.74) is 0.214. The van der Waals surface area contributed by atoms with Crippen LogP contribution in [0.5, 0.6) is 0 Å². The summed E-state index contributed by atoms with van der Waals surface area (Å²) < 4.78 is 23.5. The zero-order valence-electron chi connectivity index (χ0n) is 12.4. The Labute approximate surface area is 121 Å². The van der Waals surface area contributed by atoms with Crippen molar-refractivity contribution in [1.82, 2.24) is 10.6 Å². The van der Waals surface area contributed by atoms with E-state index in [4.69, 9.17) is 0 Å². The van der Waals surface area contributed by atoms with Crippen LogP contribution in [0.25, 0.3) is 0 Å². The average molecular weight is 302 g/mol.